The average Bonchev–Trinajstić information content (AvgIpc) is 2.86. The molecule has 4 rings (SSSR count). The highest BCUT2D eigenvalue weighted by molar-refractivity contribution is 6.13. The molecule has 8 N–H and O–H groups in total. The first kappa shape index (κ1) is 73.7. The highest BCUT2D eigenvalue weighted by Crippen LogP contribution is 2.30. The van der Waals surface area contributed by atoms with Crippen LogP contribution >= 0.6 is 0 Å². The van der Waals surface area contributed by atoms with Gasteiger partial charge in [0.05, 0.1) is 55.4 Å². The monoisotopic (exact) mass is 1250 g/mol. The summed E-state index contributed by atoms with van der Waals surface area (Å²) < 4.78 is 17.6. The molecule has 1 saturated heterocycles. The largest absolute Gasteiger partial charge is 0.445 e. The molecule has 0 aliphatic carbocycles. The Morgan fingerprint density at radius 3 is 1.89 bits per heavy atom. The SMILES string of the molecule is CC[C@H](C)[C@@H]([C@@H](CC(=O)N1CCC[C@H]1[C@H](OC)[C@@H](C)C(=O)N[C@H](C)[C@@H](O)c1ccccc1)OC)N(C)C(=O)[C@@H](NC(=O)[C@H](C(C)C)N(C)C(=O)OCc1ccc(NC(=O)[C@H](C)NC(=O)[C@H](CO)NC(=O)[C@H](C)NC(=O)CCN2C(=O)C=CC2=O)cc1)C(C)C. The lowest BCUT2D eigenvalue weighted by atomic mass is 9.89. The molecule has 0 saturated carbocycles. The van der Waals surface area contributed by atoms with E-state index < -0.39 is 144 Å². The summed E-state index contributed by atoms with van der Waals surface area (Å²) >= 11 is 0. The second-order valence-electron chi connectivity index (χ2n) is 23.7. The van der Waals surface area contributed by atoms with Crippen molar-refractivity contribution in [2.45, 2.75) is 175 Å². The number of nitrogens with one attached hydrogen (secondary N) is 6. The van der Waals surface area contributed by atoms with Crippen LogP contribution in [0.3, 0.4) is 0 Å². The van der Waals surface area contributed by atoms with Gasteiger partial charge in [-0.2, -0.15) is 0 Å². The van der Waals surface area contributed by atoms with E-state index >= 15 is 0 Å². The number of ether oxygens (including phenoxy) is 3. The van der Waals surface area contributed by atoms with Crippen LogP contribution in [0.2, 0.25) is 0 Å². The van der Waals surface area contributed by atoms with Gasteiger partial charge in [-0.05, 0) is 74.6 Å². The summed E-state index contributed by atoms with van der Waals surface area (Å²) in [6.07, 6.45) is 0.442. The number of hydrogen-bond donors (Lipinski definition) is 8. The van der Waals surface area contributed by atoms with Crippen LogP contribution in [0.1, 0.15) is 119 Å². The van der Waals surface area contributed by atoms with E-state index in [2.05, 4.69) is 31.9 Å². The Balaban J connectivity index is 1.32. The van der Waals surface area contributed by atoms with Gasteiger partial charge in [0.15, 0.2) is 0 Å². The molecule has 0 aromatic heterocycles. The lowest BCUT2D eigenvalue weighted by Gasteiger charge is -2.41. The minimum Gasteiger partial charge on any atom is -0.445 e. The van der Waals surface area contributed by atoms with Crippen molar-refractivity contribution in [3.05, 3.63) is 77.9 Å². The maximum atomic E-state index is 14.7. The number of nitrogens with zero attached hydrogens (tertiary/aromatic N) is 4. The van der Waals surface area contributed by atoms with Crippen LogP contribution in [0, 0.1) is 23.7 Å². The van der Waals surface area contributed by atoms with Gasteiger partial charge in [-0.25, -0.2) is 4.79 Å². The van der Waals surface area contributed by atoms with Crippen LogP contribution in [0.15, 0.2) is 66.7 Å². The molecule has 11 amide bonds. The van der Waals surface area contributed by atoms with Gasteiger partial charge in [0.1, 0.15) is 36.8 Å². The van der Waals surface area contributed by atoms with E-state index in [1.54, 1.807) is 77.8 Å². The van der Waals surface area contributed by atoms with Gasteiger partial charge in [0, 0.05) is 65.7 Å². The van der Waals surface area contributed by atoms with E-state index in [9.17, 15) is 63.0 Å². The molecule has 0 spiro atoms. The number of carbonyl (C=O) groups excluding carboxylic acids is 11. The zero-order valence-corrected chi connectivity index (χ0v) is 53.8. The van der Waals surface area contributed by atoms with Crippen LogP contribution < -0.4 is 31.9 Å². The first-order chi connectivity index (χ1) is 42.0. The fraction of sp³-hybridized carbons (Fsp3) is 0.603. The molecule has 0 unspecified atom stereocenters. The van der Waals surface area contributed by atoms with Crippen molar-refractivity contribution in [3.63, 3.8) is 0 Å². The summed E-state index contributed by atoms with van der Waals surface area (Å²) in [5.41, 5.74) is 1.48. The number of methoxy groups -OCH3 is 2. The molecular formula is C63H94N10O16. The van der Waals surface area contributed by atoms with E-state index in [0.717, 1.165) is 22.0 Å². The van der Waals surface area contributed by atoms with Crippen molar-refractivity contribution in [2.75, 3.05) is 53.3 Å². The number of aliphatic hydroxyl groups is 2. The summed E-state index contributed by atoms with van der Waals surface area (Å²) in [4.78, 5) is 151. The summed E-state index contributed by atoms with van der Waals surface area (Å²) in [6, 6.07) is 7.60. The fourth-order valence-corrected chi connectivity index (χ4v) is 11.0. The molecule has 26 heteroatoms. The van der Waals surface area contributed by atoms with Crippen molar-refractivity contribution in [1.82, 2.24) is 46.2 Å². The Labute approximate surface area is 521 Å². The number of amides is 11. The van der Waals surface area contributed by atoms with E-state index in [4.69, 9.17) is 14.2 Å². The van der Waals surface area contributed by atoms with Crippen molar-refractivity contribution in [3.8, 4) is 0 Å². The zero-order valence-electron chi connectivity index (χ0n) is 53.8. The second kappa shape index (κ2) is 34.8. The topological polar surface area (TPSA) is 341 Å². The minimum absolute atomic E-state index is 0.0942. The van der Waals surface area contributed by atoms with Gasteiger partial charge in [0.2, 0.25) is 47.3 Å². The van der Waals surface area contributed by atoms with Crippen LogP contribution in [-0.2, 0) is 68.8 Å². The van der Waals surface area contributed by atoms with Gasteiger partial charge in [0.25, 0.3) is 11.8 Å². The molecule has 13 atom stereocenters. The van der Waals surface area contributed by atoms with E-state index in [1.807, 2.05) is 32.0 Å². The molecule has 2 aromatic rings. The Morgan fingerprint density at radius 1 is 0.708 bits per heavy atom. The normalized spacial score (nSPS) is 18.0. The minimum atomic E-state index is -1.50. The molecule has 492 valence electrons. The van der Waals surface area contributed by atoms with Crippen molar-refractivity contribution < 1.29 is 77.2 Å². The van der Waals surface area contributed by atoms with Gasteiger partial charge in [-0.1, -0.05) is 97.4 Å². The Morgan fingerprint density at radius 2 is 1.33 bits per heavy atom. The van der Waals surface area contributed by atoms with Crippen LogP contribution in [0.5, 0.6) is 0 Å². The molecule has 1 fully saturated rings. The number of hydrogen-bond acceptors (Lipinski definition) is 16. The number of imide groups is 1. The molecule has 26 nitrogen and oxygen atoms in total. The average molecular weight is 1250 g/mol. The molecule has 0 radical (unpaired) electrons. The predicted octanol–water partition coefficient (Wildman–Crippen LogP) is 2.32. The zero-order chi connectivity index (χ0) is 66.6. The third kappa shape index (κ3) is 20.4. The van der Waals surface area contributed by atoms with Gasteiger partial charge in [-0.3, -0.25) is 57.7 Å². The predicted molar refractivity (Wildman–Crippen MR) is 328 cm³/mol. The summed E-state index contributed by atoms with van der Waals surface area (Å²) in [5.74, 6) is -7.50. The molecule has 89 heavy (non-hydrogen) atoms. The first-order valence-corrected chi connectivity index (χ1v) is 30.3. The third-order valence-electron chi connectivity index (χ3n) is 16.5. The maximum absolute atomic E-state index is 14.7. The fourth-order valence-electron chi connectivity index (χ4n) is 11.0. The van der Waals surface area contributed by atoms with Gasteiger partial charge < -0.3 is 66.1 Å². The Hall–Kier alpha value is -7.81. The number of anilines is 1. The van der Waals surface area contributed by atoms with Crippen molar-refractivity contribution in [1.29, 1.82) is 0 Å². The first-order valence-electron chi connectivity index (χ1n) is 30.3. The molecule has 2 heterocycles. The lowest BCUT2D eigenvalue weighted by molar-refractivity contribution is -0.148. The van der Waals surface area contributed by atoms with Crippen molar-refractivity contribution >= 4 is 70.9 Å². The van der Waals surface area contributed by atoms with Crippen LogP contribution in [0.4, 0.5) is 10.5 Å². The van der Waals surface area contributed by atoms with Crippen molar-refractivity contribution in [2.24, 2.45) is 23.7 Å². The number of aliphatic hydroxyl groups excluding tert-OH is 2. The number of benzene rings is 2. The smallest absolute Gasteiger partial charge is 0.410 e. The second-order valence-corrected chi connectivity index (χ2v) is 23.7. The van der Waals surface area contributed by atoms with Gasteiger partial charge in [-0.15, -0.1) is 0 Å². The maximum Gasteiger partial charge on any atom is 0.410 e. The number of rotatable bonds is 33. The molecule has 2 aliphatic rings. The third-order valence-corrected chi connectivity index (χ3v) is 16.5. The standard InChI is InChI=1S/C63H94N10O16/c1-15-37(6)54(47(87-13)32-51(78)72-30-19-22-46(72)56(88-14)38(7)57(80)65-39(8)55(79)43-20-17-16-18-21-43)70(11)62(85)52(35(2)3)69-61(84)53(36(4)5)71(12)63(86)89-34-42-23-25-44(26-24-42)67-58(81)41(10)66-60(83)45(33-74)68-59(82)40(9)64-48(75)29-31-73-49(76)27-28-50(73)77/h16-18,20-21,23-28,35-41,45-47,52-56,74,79H,15,19,22,29-34H2,1-14H3,(H,64,75)(H,65,80)(H,66,83)(H,67,81)(H,68,82)(H,69,84)/t37-,38+,39+,40-,41-,45-,46-,47+,52-,53-,54-,55+,56+/m0/s1. The summed E-state index contributed by atoms with van der Waals surface area (Å²) in [5, 5.41) is 36.4. The van der Waals surface area contributed by atoms with Crippen LogP contribution in [-0.4, -0.2) is 204 Å². The highest BCUT2D eigenvalue weighted by Gasteiger charge is 2.44. The van der Waals surface area contributed by atoms with E-state index in [-0.39, 0.29) is 43.7 Å². The number of likely N-dealkylation sites (tertiary alicyclic amines) is 1. The number of likely N-dealkylation sites (N-methyl/N-ethyl adjacent to an activating group) is 2. The van der Waals surface area contributed by atoms with Gasteiger partial charge >= 0.3 is 6.09 Å². The summed E-state index contributed by atoms with van der Waals surface area (Å²) in [7, 11) is 6.05. The lowest BCUT2D eigenvalue weighted by Crippen LogP contribution is -2.60. The van der Waals surface area contributed by atoms with Crippen LogP contribution in [0.25, 0.3) is 0 Å². The highest BCUT2D eigenvalue weighted by atomic mass is 16.6. The molecule has 2 aromatic carbocycles. The molecule has 2 aliphatic heterocycles. The molecule has 0 bridgehead atoms. The quantitative estimate of drug-likeness (QED) is 0.0476. The Bertz CT molecular complexity index is 2780. The van der Waals surface area contributed by atoms with E-state index in [0.29, 0.717) is 42.6 Å². The Kier molecular flexibility index (Phi) is 28.8. The summed E-state index contributed by atoms with van der Waals surface area (Å²) in [6.45, 7) is 16.3. The van der Waals surface area contributed by atoms with E-state index in [1.165, 1.54) is 52.1 Å². The molecular weight excluding hydrogens is 1150 g/mol. The number of carbonyl (C=O) groups is 11.